The van der Waals surface area contributed by atoms with Crippen LogP contribution in [-0.2, 0) is 5.75 Å². The Labute approximate surface area is 184 Å². The number of benzene rings is 1. The summed E-state index contributed by atoms with van der Waals surface area (Å²) >= 11 is 2.73. The number of hydrogen-bond acceptors (Lipinski definition) is 9. The predicted octanol–water partition coefficient (Wildman–Crippen LogP) is 4.19. The molecule has 10 heteroatoms. The molecule has 0 radical (unpaired) electrons. The summed E-state index contributed by atoms with van der Waals surface area (Å²) in [7, 11) is 1.59. The van der Waals surface area contributed by atoms with Crippen LogP contribution in [0.1, 0.15) is 5.89 Å². The molecule has 0 bridgehead atoms. The van der Waals surface area contributed by atoms with E-state index in [0.29, 0.717) is 44.3 Å². The van der Waals surface area contributed by atoms with Crippen molar-refractivity contribution in [3.05, 3.63) is 76.5 Å². The largest absolute Gasteiger partial charge is 0.497 e. The quantitative estimate of drug-likeness (QED) is 0.281. The van der Waals surface area contributed by atoms with Gasteiger partial charge < -0.3 is 9.26 Å². The van der Waals surface area contributed by atoms with E-state index in [1.165, 1.54) is 23.1 Å². The van der Waals surface area contributed by atoms with Crippen LogP contribution in [-0.4, -0.2) is 31.8 Å². The number of methoxy groups -OCH3 is 1. The smallest absolute Gasteiger partial charge is 0.276 e. The molecule has 0 amide bonds. The van der Waals surface area contributed by atoms with Gasteiger partial charge in [-0.05, 0) is 35.7 Å². The second-order valence-electron chi connectivity index (χ2n) is 6.41. The first-order chi connectivity index (χ1) is 15.2. The Morgan fingerprint density at radius 2 is 2.03 bits per heavy atom. The molecule has 4 heterocycles. The van der Waals surface area contributed by atoms with E-state index < -0.39 is 0 Å². The van der Waals surface area contributed by atoms with Crippen molar-refractivity contribution >= 4 is 33.3 Å². The van der Waals surface area contributed by atoms with Crippen LogP contribution in [0.3, 0.4) is 0 Å². The zero-order valence-electron chi connectivity index (χ0n) is 16.3. The van der Waals surface area contributed by atoms with Gasteiger partial charge in [-0.2, -0.15) is 4.98 Å². The van der Waals surface area contributed by atoms with Gasteiger partial charge in [0.1, 0.15) is 10.4 Å². The lowest BCUT2D eigenvalue weighted by Gasteiger charge is -2.12. The van der Waals surface area contributed by atoms with Crippen LogP contribution in [0.15, 0.2) is 74.7 Å². The Kier molecular flexibility index (Phi) is 5.23. The molecule has 8 nitrogen and oxygen atoms in total. The standard InChI is InChI=1S/C21H15N5O3S2/c1-28-15-4-2-3-14(11-15)26-20(27)18-16(7-10-30-18)23-21(26)31-12-17-24-19(25-29-17)13-5-8-22-9-6-13/h2-11H,12H2,1H3. The van der Waals surface area contributed by atoms with Crippen molar-refractivity contribution in [1.29, 1.82) is 0 Å². The summed E-state index contributed by atoms with van der Waals surface area (Å²) in [5.41, 5.74) is 2.04. The molecule has 154 valence electrons. The van der Waals surface area contributed by atoms with Crippen LogP contribution in [0.2, 0.25) is 0 Å². The molecule has 31 heavy (non-hydrogen) atoms. The van der Waals surface area contributed by atoms with Gasteiger partial charge in [0.25, 0.3) is 5.56 Å². The molecular weight excluding hydrogens is 434 g/mol. The fraction of sp³-hybridized carbons (Fsp3) is 0.0952. The highest BCUT2D eigenvalue weighted by molar-refractivity contribution is 7.98. The normalized spacial score (nSPS) is 11.1. The maximum Gasteiger partial charge on any atom is 0.276 e. The molecule has 0 saturated heterocycles. The van der Waals surface area contributed by atoms with Gasteiger partial charge in [0.15, 0.2) is 5.16 Å². The molecule has 0 unspecified atom stereocenters. The summed E-state index contributed by atoms with van der Waals surface area (Å²) in [6.07, 6.45) is 3.35. The zero-order chi connectivity index (χ0) is 21.2. The van der Waals surface area contributed by atoms with Crippen LogP contribution in [0, 0.1) is 0 Å². The lowest BCUT2D eigenvalue weighted by Crippen LogP contribution is -2.20. The molecular formula is C21H15N5O3S2. The number of fused-ring (bicyclic) bond motifs is 1. The highest BCUT2D eigenvalue weighted by Gasteiger charge is 2.17. The Morgan fingerprint density at radius 3 is 2.87 bits per heavy atom. The van der Waals surface area contributed by atoms with Crippen LogP contribution in [0.25, 0.3) is 27.3 Å². The summed E-state index contributed by atoms with van der Waals surface area (Å²) in [5.74, 6) is 1.95. The molecule has 0 saturated carbocycles. The molecule has 0 atom stereocenters. The second kappa shape index (κ2) is 8.32. The summed E-state index contributed by atoms with van der Waals surface area (Å²) in [5, 5.41) is 6.43. The number of hydrogen-bond donors (Lipinski definition) is 0. The fourth-order valence-corrected chi connectivity index (χ4v) is 4.63. The van der Waals surface area contributed by atoms with Crippen molar-refractivity contribution in [2.45, 2.75) is 10.9 Å². The first-order valence-corrected chi connectivity index (χ1v) is 11.1. The summed E-state index contributed by atoms with van der Waals surface area (Å²) in [6.45, 7) is 0. The highest BCUT2D eigenvalue weighted by atomic mass is 32.2. The van der Waals surface area contributed by atoms with Crippen LogP contribution >= 0.6 is 23.1 Å². The number of thiophene rings is 1. The molecule has 1 aromatic carbocycles. The SMILES string of the molecule is COc1cccc(-n2c(SCc3nc(-c4ccncc4)no3)nc3ccsc3c2=O)c1. The van der Waals surface area contributed by atoms with Crippen LogP contribution in [0.5, 0.6) is 5.75 Å². The molecule has 5 aromatic rings. The molecule has 0 aliphatic carbocycles. The average Bonchev–Trinajstić information content (AvgIpc) is 3.48. The van der Waals surface area contributed by atoms with Crippen molar-refractivity contribution in [2.24, 2.45) is 0 Å². The minimum atomic E-state index is -0.126. The fourth-order valence-electron chi connectivity index (χ4n) is 3.02. The monoisotopic (exact) mass is 449 g/mol. The number of rotatable bonds is 6. The van der Waals surface area contributed by atoms with E-state index in [4.69, 9.17) is 14.2 Å². The molecule has 5 rings (SSSR count). The van der Waals surface area contributed by atoms with Crippen LogP contribution < -0.4 is 10.3 Å². The Hall–Kier alpha value is -3.50. The lowest BCUT2D eigenvalue weighted by atomic mass is 10.3. The van der Waals surface area contributed by atoms with E-state index in [-0.39, 0.29) is 5.56 Å². The van der Waals surface area contributed by atoms with Crippen molar-refractivity contribution in [1.82, 2.24) is 24.7 Å². The van der Waals surface area contributed by atoms with Gasteiger partial charge in [-0.25, -0.2) is 4.98 Å². The Balaban J connectivity index is 1.51. The lowest BCUT2D eigenvalue weighted by molar-refractivity contribution is 0.391. The average molecular weight is 450 g/mol. The van der Waals surface area contributed by atoms with E-state index in [1.54, 1.807) is 30.1 Å². The van der Waals surface area contributed by atoms with E-state index in [0.717, 1.165) is 5.56 Å². The molecule has 0 aliphatic heterocycles. The van der Waals surface area contributed by atoms with Gasteiger partial charge >= 0.3 is 0 Å². The molecule has 0 fully saturated rings. The predicted molar refractivity (Wildman–Crippen MR) is 119 cm³/mol. The minimum absolute atomic E-state index is 0.126. The third-order valence-electron chi connectivity index (χ3n) is 4.49. The van der Waals surface area contributed by atoms with Gasteiger partial charge in [-0.15, -0.1) is 11.3 Å². The van der Waals surface area contributed by atoms with E-state index in [2.05, 4.69) is 15.1 Å². The topological polar surface area (TPSA) is 95.9 Å². The van der Waals surface area contributed by atoms with Crippen molar-refractivity contribution < 1.29 is 9.26 Å². The first-order valence-electron chi connectivity index (χ1n) is 9.23. The first kappa shape index (κ1) is 19.5. The molecule has 0 aliphatic rings. The van der Waals surface area contributed by atoms with Gasteiger partial charge in [0, 0.05) is 24.0 Å². The van der Waals surface area contributed by atoms with Crippen molar-refractivity contribution in [3.8, 4) is 22.8 Å². The van der Waals surface area contributed by atoms with Gasteiger partial charge in [0.2, 0.25) is 11.7 Å². The third-order valence-corrected chi connectivity index (χ3v) is 6.31. The van der Waals surface area contributed by atoms with Crippen molar-refractivity contribution in [3.63, 3.8) is 0 Å². The van der Waals surface area contributed by atoms with E-state index >= 15 is 0 Å². The number of aromatic nitrogens is 5. The maximum atomic E-state index is 13.2. The summed E-state index contributed by atoms with van der Waals surface area (Å²) in [6, 6.07) is 12.8. The number of ether oxygens (including phenoxy) is 1. The third kappa shape index (κ3) is 3.82. The van der Waals surface area contributed by atoms with Gasteiger partial charge in [0.05, 0.1) is 24.1 Å². The Morgan fingerprint density at radius 1 is 1.16 bits per heavy atom. The molecule has 0 spiro atoms. The van der Waals surface area contributed by atoms with E-state index in [1.807, 2.05) is 41.8 Å². The molecule has 0 N–H and O–H groups in total. The maximum absolute atomic E-state index is 13.2. The number of thioether (sulfide) groups is 1. The minimum Gasteiger partial charge on any atom is -0.497 e. The number of pyridine rings is 1. The molecule has 4 aromatic heterocycles. The second-order valence-corrected chi connectivity index (χ2v) is 8.27. The highest BCUT2D eigenvalue weighted by Crippen LogP contribution is 2.27. The summed E-state index contributed by atoms with van der Waals surface area (Å²) < 4.78 is 12.9. The zero-order valence-corrected chi connectivity index (χ0v) is 17.9. The van der Waals surface area contributed by atoms with E-state index in [9.17, 15) is 4.79 Å². The Bertz CT molecular complexity index is 1410. The number of nitrogens with zero attached hydrogens (tertiary/aromatic N) is 5. The van der Waals surface area contributed by atoms with Gasteiger partial charge in [-0.1, -0.05) is 23.0 Å². The van der Waals surface area contributed by atoms with Crippen molar-refractivity contribution in [2.75, 3.05) is 7.11 Å². The van der Waals surface area contributed by atoms with Crippen LogP contribution in [0.4, 0.5) is 0 Å². The summed E-state index contributed by atoms with van der Waals surface area (Å²) in [4.78, 5) is 26.4. The van der Waals surface area contributed by atoms with Gasteiger partial charge in [-0.3, -0.25) is 14.3 Å².